The Morgan fingerprint density at radius 2 is 1.88 bits per heavy atom. The highest BCUT2D eigenvalue weighted by molar-refractivity contribution is 5.69. The second-order valence-electron chi connectivity index (χ2n) is 4.95. The quantitative estimate of drug-likeness (QED) is 0.764. The Morgan fingerprint density at radius 3 is 2.41 bits per heavy atom. The van der Waals surface area contributed by atoms with Gasteiger partial charge in [-0.2, -0.15) is 5.10 Å². The van der Waals surface area contributed by atoms with Crippen molar-refractivity contribution in [1.29, 1.82) is 0 Å². The fraction of sp³-hybridized carbons (Fsp3) is 0.400. The standard InChI is InChI=1S/C15H20N2/c1-10(2)13-7-6-8-14(9-13)15-11(3)16-17(5)12(15)4/h6-10H,1-5H3. The van der Waals surface area contributed by atoms with Crippen LogP contribution in [-0.4, -0.2) is 9.78 Å². The van der Waals surface area contributed by atoms with Gasteiger partial charge in [-0.05, 0) is 30.9 Å². The van der Waals surface area contributed by atoms with Crippen molar-refractivity contribution in [2.75, 3.05) is 0 Å². The molecule has 0 aliphatic carbocycles. The molecule has 0 saturated heterocycles. The molecule has 0 atom stereocenters. The third-order valence-corrected chi connectivity index (χ3v) is 3.35. The van der Waals surface area contributed by atoms with Gasteiger partial charge < -0.3 is 0 Å². The third-order valence-electron chi connectivity index (χ3n) is 3.35. The number of rotatable bonds is 2. The van der Waals surface area contributed by atoms with E-state index in [1.165, 1.54) is 22.4 Å². The molecule has 2 heteroatoms. The molecule has 90 valence electrons. The first-order valence-corrected chi connectivity index (χ1v) is 6.11. The summed E-state index contributed by atoms with van der Waals surface area (Å²) in [6, 6.07) is 8.77. The maximum absolute atomic E-state index is 4.48. The number of benzene rings is 1. The van der Waals surface area contributed by atoms with Gasteiger partial charge in [-0.25, -0.2) is 0 Å². The highest BCUT2D eigenvalue weighted by atomic mass is 15.3. The number of aryl methyl sites for hydroxylation is 2. The number of hydrogen-bond acceptors (Lipinski definition) is 1. The van der Waals surface area contributed by atoms with Crippen molar-refractivity contribution >= 4 is 0 Å². The van der Waals surface area contributed by atoms with Crippen LogP contribution < -0.4 is 0 Å². The molecule has 0 saturated carbocycles. The van der Waals surface area contributed by atoms with Crippen LogP contribution in [0.1, 0.15) is 36.7 Å². The Kier molecular flexibility index (Phi) is 3.05. The molecule has 2 nitrogen and oxygen atoms in total. The summed E-state index contributed by atoms with van der Waals surface area (Å²) in [6.07, 6.45) is 0. The first-order valence-electron chi connectivity index (χ1n) is 6.11. The minimum absolute atomic E-state index is 0.562. The molecule has 0 amide bonds. The van der Waals surface area contributed by atoms with E-state index < -0.39 is 0 Å². The van der Waals surface area contributed by atoms with Crippen LogP contribution in [0.5, 0.6) is 0 Å². The molecule has 0 aliphatic heterocycles. The average molecular weight is 228 g/mol. The van der Waals surface area contributed by atoms with Crippen molar-refractivity contribution in [3.63, 3.8) is 0 Å². The molecule has 17 heavy (non-hydrogen) atoms. The van der Waals surface area contributed by atoms with E-state index in [9.17, 15) is 0 Å². The smallest absolute Gasteiger partial charge is 0.0674 e. The van der Waals surface area contributed by atoms with E-state index in [2.05, 4.69) is 57.1 Å². The van der Waals surface area contributed by atoms with E-state index >= 15 is 0 Å². The van der Waals surface area contributed by atoms with Crippen LogP contribution in [0.25, 0.3) is 11.1 Å². The summed E-state index contributed by atoms with van der Waals surface area (Å²) in [5.41, 5.74) is 6.26. The van der Waals surface area contributed by atoms with Gasteiger partial charge in [0.15, 0.2) is 0 Å². The summed E-state index contributed by atoms with van der Waals surface area (Å²) in [4.78, 5) is 0. The lowest BCUT2D eigenvalue weighted by Crippen LogP contribution is -1.93. The van der Waals surface area contributed by atoms with E-state index in [-0.39, 0.29) is 0 Å². The fourth-order valence-electron chi connectivity index (χ4n) is 2.24. The van der Waals surface area contributed by atoms with Gasteiger partial charge in [-0.1, -0.05) is 38.1 Å². The average Bonchev–Trinajstić information content (AvgIpc) is 2.53. The van der Waals surface area contributed by atoms with Crippen molar-refractivity contribution in [2.24, 2.45) is 7.05 Å². The molecule has 2 rings (SSSR count). The monoisotopic (exact) mass is 228 g/mol. The number of nitrogens with zero attached hydrogens (tertiary/aromatic N) is 2. The van der Waals surface area contributed by atoms with E-state index in [4.69, 9.17) is 0 Å². The number of hydrogen-bond donors (Lipinski definition) is 0. The van der Waals surface area contributed by atoms with E-state index in [0.717, 1.165) is 5.69 Å². The van der Waals surface area contributed by atoms with Crippen LogP contribution in [0.4, 0.5) is 0 Å². The van der Waals surface area contributed by atoms with Gasteiger partial charge in [-0.15, -0.1) is 0 Å². The topological polar surface area (TPSA) is 17.8 Å². The van der Waals surface area contributed by atoms with Crippen molar-refractivity contribution in [3.05, 3.63) is 41.2 Å². The zero-order valence-corrected chi connectivity index (χ0v) is 11.3. The zero-order valence-electron chi connectivity index (χ0n) is 11.3. The molecule has 2 aromatic rings. The minimum atomic E-state index is 0.562. The maximum Gasteiger partial charge on any atom is 0.0674 e. The first-order chi connectivity index (χ1) is 8.00. The molecule has 1 aromatic carbocycles. The molecule has 0 unspecified atom stereocenters. The summed E-state index contributed by atoms with van der Waals surface area (Å²) in [5.74, 6) is 0.562. The molecule has 0 fully saturated rings. The van der Waals surface area contributed by atoms with Crippen molar-refractivity contribution in [3.8, 4) is 11.1 Å². The molecule has 0 spiro atoms. The predicted molar refractivity (Wildman–Crippen MR) is 72.2 cm³/mol. The lowest BCUT2D eigenvalue weighted by atomic mass is 9.96. The Labute approximate surface area is 103 Å². The van der Waals surface area contributed by atoms with Gasteiger partial charge in [0.25, 0.3) is 0 Å². The van der Waals surface area contributed by atoms with Crippen LogP contribution in [-0.2, 0) is 7.05 Å². The predicted octanol–water partition coefficient (Wildman–Crippen LogP) is 3.83. The lowest BCUT2D eigenvalue weighted by molar-refractivity contribution is 0.731. The summed E-state index contributed by atoms with van der Waals surface area (Å²) in [7, 11) is 2.00. The largest absolute Gasteiger partial charge is 0.272 e. The van der Waals surface area contributed by atoms with Crippen molar-refractivity contribution in [1.82, 2.24) is 9.78 Å². The highest BCUT2D eigenvalue weighted by Gasteiger charge is 2.12. The van der Waals surface area contributed by atoms with Crippen molar-refractivity contribution in [2.45, 2.75) is 33.6 Å². The summed E-state index contributed by atoms with van der Waals surface area (Å²) in [6.45, 7) is 8.64. The molecule has 0 N–H and O–H groups in total. The summed E-state index contributed by atoms with van der Waals surface area (Å²) >= 11 is 0. The van der Waals surface area contributed by atoms with Crippen molar-refractivity contribution < 1.29 is 0 Å². The van der Waals surface area contributed by atoms with Crippen LogP contribution in [0.3, 0.4) is 0 Å². The Morgan fingerprint density at radius 1 is 1.18 bits per heavy atom. The Bertz CT molecular complexity index is 536. The first kappa shape index (κ1) is 11.9. The van der Waals surface area contributed by atoms with Crippen LogP contribution >= 0.6 is 0 Å². The Hall–Kier alpha value is -1.57. The minimum Gasteiger partial charge on any atom is -0.272 e. The van der Waals surface area contributed by atoms with Crippen LogP contribution in [0, 0.1) is 13.8 Å². The second kappa shape index (κ2) is 4.36. The van der Waals surface area contributed by atoms with Crippen LogP contribution in [0.15, 0.2) is 24.3 Å². The summed E-state index contributed by atoms with van der Waals surface area (Å²) in [5, 5.41) is 4.48. The molecule has 1 aromatic heterocycles. The molecule has 0 bridgehead atoms. The molecule has 0 radical (unpaired) electrons. The lowest BCUT2D eigenvalue weighted by Gasteiger charge is -2.08. The third kappa shape index (κ3) is 2.12. The normalized spacial score (nSPS) is 11.2. The van der Waals surface area contributed by atoms with Gasteiger partial charge in [0.05, 0.1) is 5.69 Å². The van der Waals surface area contributed by atoms with Gasteiger partial charge in [-0.3, -0.25) is 4.68 Å². The van der Waals surface area contributed by atoms with Gasteiger partial charge >= 0.3 is 0 Å². The van der Waals surface area contributed by atoms with E-state index in [0.29, 0.717) is 5.92 Å². The summed E-state index contributed by atoms with van der Waals surface area (Å²) < 4.78 is 1.95. The van der Waals surface area contributed by atoms with Gasteiger partial charge in [0.2, 0.25) is 0 Å². The highest BCUT2D eigenvalue weighted by Crippen LogP contribution is 2.28. The van der Waals surface area contributed by atoms with Crippen LogP contribution in [0.2, 0.25) is 0 Å². The van der Waals surface area contributed by atoms with E-state index in [1.54, 1.807) is 0 Å². The van der Waals surface area contributed by atoms with Gasteiger partial charge in [0.1, 0.15) is 0 Å². The van der Waals surface area contributed by atoms with E-state index in [1.807, 2.05) is 11.7 Å². The molecular weight excluding hydrogens is 208 g/mol. The van der Waals surface area contributed by atoms with Gasteiger partial charge in [0, 0.05) is 18.3 Å². The fourth-order valence-corrected chi connectivity index (χ4v) is 2.24. The SMILES string of the molecule is Cc1nn(C)c(C)c1-c1cccc(C(C)C)c1. The second-order valence-corrected chi connectivity index (χ2v) is 4.95. The maximum atomic E-state index is 4.48. The molecular formula is C15H20N2. The zero-order chi connectivity index (χ0) is 12.6. The molecule has 1 heterocycles. The Balaban J connectivity index is 2.56. The number of aromatic nitrogens is 2. The molecule has 0 aliphatic rings.